The van der Waals surface area contributed by atoms with Gasteiger partial charge in [0.05, 0.1) is 16.2 Å². The Hall–Kier alpha value is -0.230. The van der Waals surface area contributed by atoms with E-state index in [0.29, 0.717) is 11.1 Å². The number of hydrogen-bond acceptors (Lipinski definition) is 4. The number of rotatable bonds is 3. The van der Waals surface area contributed by atoms with Crippen LogP contribution < -0.4 is 0 Å². The van der Waals surface area contributed by atoms with Gasteiger partial charge in [0.2, 0.25) is 0 Å². The number of nitrogens with zero attached hydrogens (tertiary/aromatic N) is 4. The summed E-state index contributed by atoms with van der Waals surface area (Å²) in [6.45, 7) is 7.49. The van der Waals surface area contributed by atoms with Gasteiger partial charge in [-0.2, -0.15) is 0 Å². The van der Waals surface area contributed by atoms with Crippen LogP contribution in [0.1, 0.15) is 37.8 Å². The van der Waals surface area contributed by atoms with Crippen LogP contribution in [0, 0.1) is 5.92 Å². The molecule has 2 rings (SSSR count). The highest BCUT2D eigenvalue weighted by Crippen LogP contribution is 2.29. The average molecular weight is 376 g/mol. The predicted octanol–water partition coefficient (Wildman–Crippen LogP) is 3.40. The van der Waals surface area contributed by atoms with E-state index in [0.717, 1.165) is 42.0 Å². The van der Waals surface area contributed by atoms with E-state index >= 15 is 0 Å². The summed E-state index contributed by atoms with van der Waals surface area (Å²) in [4.78, 5) is 14.0. The zero-order valence-corrected chi connectivity index (χ0v) is 15.6. The Balaban J connectivity index is 2.35. The number of hydrogen-bond donors (Lipinski definition) is 0. The first-order valence-electron chi connectivity index (χ1n) is 7.49. The molecule has 1 fully saturated rings. The lowest BCUT2D eigenvalue weighted by molar-refractivity contribution is 0.219. The van der Waals surface area contributed by atoms with Gasteiger partial charge in [0.25, 0.3) is 0 Å². The number of halogens is 2. The predicted molar refractivity (Wildman–Crippen MR) is 90.8 cm³/mol. The normalized spacial score (nSPS) is 21.8. The molecule has 0 aliphatic carbocycles. The van der Waals surface area contributed by atoms with E-state index in [-0.39, 0.29) is 6.04 Å². The Kier molecular flexibility index (Phi) is 6.00. The van der Waals surface area contributed by atoms with Gasteiger partial charge in [0, 0.05) is 6.54 Å². The highest BCUT2D eigenvalue weighted by Gasteiger charge is 2.26. The Labute approximate surface area is 141 Å². The van der Waals surface area contributed by atoms with Crippen LogP contribution in [0.15, 0.2) is 4.47 Å². The van der Waals surface area contributed by atoms with Gasteiger partial charge in [-0.05, 0) is 61.9 Å². The third-order valence-electron chi connectivity index (χ3n) is 3.86. The van der Waals surface area contributed by atoms with Crippen LogP contribution in [0.2, 0.25) is 5.15 Å². The fraction of sp³-hybridized carbons (Fsp3) is 0.733. The van der Waals surface area contributed by atoms with Gasteiger partial charge in [0.1, 0.15) is 11.0 Å². The molecule has 1 aliphatic rings. The summed E-state index contributed by atoms with van der Waals surface area (Å²) in [5.41, 5.74) is 1.01. The van der Waals surface area contributed by atoms with Gasteiger partial charge < -0.3 is 4.90 Å². The van der Waals surface area contributed by atoms with Crippen molar-refractivity contribution in [1.29, 1.82) is 0 Å². The summed E-state index contributed by atoms with van der Waals surface area (Å²) >= 11 is 9.84. The number of aromatic nitrogens is 2. The quantitative estimate of drug-likeness (QED) is 0.758. The highest BCUT2D eigenvalue weighted by atomic mass is 79.9. The molecule has 21 heavy (non-hydrogen) atoms. The smallest absolute Gasteiger partial charge is 0.148 e. The highest BCUT2D eigenvalue weighted by molar-refractivity contribution is 9.10. The zero-order chi connectivity index (χ0) is 15.6. The molecular formula is C15H24BrClN4. The van der Waals surface area contributed by atoms with E-state index in [1.807, 2.05) is 0 Å². The summed E-state index contributed by atoms with van der Waals surface area (Å²) in [7, 11) is 4.30. The molecule has 4 nitrogen and oxygen atoms in total. The molecular weight excluding hydrogens is 352 g/mol. The Morgan fingerprint density at radius 2 is 2.00 bits per heavy atom. The molecule has 0 saturated carbocycles. The van der Waals surface area contributed by atoms with Gasteiger partial charge in [0.15, 0.2) is 0 Å². The molecule has 0 bridgehead atoms. The molecule has 1 aromatic heterocycles. The van der Waals surface area contributed by atoms with Crippen molar-refractivity contribution >= 4 is 27.5 Å². The van der Waals surface area contributed by atoms with E-state index in [9.17, 15) is 0 Å². The van der Waals surface area contributed by atoms with Gasteiger partial charge in [-0.3, -0.25) is 4.90 Å². The summed E-state index contributed by atoms with van der Waals surface area (Å²) in [5.74, 6) is 1.38. The minimum atomic E-state index is 0.203. The molecule has 0 radical (unpaired) electrons. The van der Waals surface area contributed by atoms with Crippen molar-refractivity contribution in [3.05, 3.63) is 21.1 Å². The second-order valence-corrected chi connectivity index (χ2v) is 7.49. The Morgan fingerprint density at radius 1 is 1.29 bits per heavy atom. The molecule has 0 aromatic carbocycles. The third kappa shape index (κ3) is 4.38. The first-order valence-corrected chi connectivity index (χ1v) is 8.66. The standard InChI is InChI=1S/C15H24BrClN4/c1-10(2)8-11-13(16)14(17)19-15(18-11)12-9-20(3)6-5-7-21(12)4/h10,12H,5-9H2,1-4H3. The van der Waals surface area contributed by atoms with Crippen molar-refractivity contribution in [2.24, 2.45) is 5.92 Å². The maximum absolute atomic E-state index is 6.32. The van der Waals surface area contributed by atoms with Crippen LogP contribution in [0.25, 0.3) is 0 Å². The SMILES string of the molecule is CC(C)Cc1nc(C2CN(C)CCCN2C)nc(Cl)c1Br. The molecule has 1 saturated heterocycles. The van der Waals surface area contributed by atoms with Gasteiger partial charge in [-0.25, -0.2) is 9.97 Å². The topological polar surface area (TPSA) is 32.3 Å². The summed E-state index contributed by atoms with van der Waals surface area (Å²) < 4.78 is 0.839. The summed E-state index contributed by atoms with van der Waals surface area (Å²) in [5, 5.41) is 0.524. The van der Waals surface area contributed by atoms with E-state index in [2.05, 4.69) is 58.7 Å². The molecule has 1 aliphatic heterocycles. The molecule has 1 unspecified atom stereocenters. The van der Waals surface area contributed by atoms with Crippen molar-refractivity contribution in [2.45, 2.75) is 32.7 Å². The van der Waals surface area contributed by atoms with Crippen molar-refractivity contribution in [2.75, 3.05) is 33.7 Å². The average Bonchev–Trinajstić information content (AvgIpc) is 2.56. The first kappa shape index (κ1) is 17.1. The van der Waals surface area contributed by atoms with Crippen LogP contribution >= 0.6 is 27.5 Å². The minimum absolute atomic E-state index is 0.203. The van der Waals surface area contributed by atoms with Gasteiger partial charge >= 0.3 is 0 Å². The van der Waals surface area contributed by atoms with E-state index in [4.69, 9.17) is 16.6 Å². The van der Waals surface area contributed by atoms with Crippen molar-refractivity contribution in [3.63, 3.8) is 0 Å². The molecule has 0 spiro atoms. The zero-order valence-electron chi connectivity index (χ0n) is 13.2. The van der Waals surface area contributed by atoms with Crippen LogP contribution in [0.5, 0.6) is 0 Å². The Bertz CT molecular complexity index is 495. The maximum atomic E-state index is 6.32. The van der Waals surface area contributed by atoms with Gasteiger partial charge in [-0.1, -0.05) is 25.4 Å². The monoisotopic (exact) mass is 374 g/mol. The van der Waals surface area contributed by atoms with E-state index < -0.39 is 0 Å². The molecule has 1 aromatic rings. The lowest BCUT2D eigenvalue weighted by Crippen LogP contribution is -2.32. The molecule has 118 valence electrons. The first-order chi connectivity index (χ1) is 9.88. The third-order valence-corrected chi connectivity index (χ3v) is 5.20. The second-order valence-electron chi connectivity index (χ2n) is 6.34. The van der Waals surface area contributed by atoms with Crippen molar-refractivity contribution < 1.29 is 0 Å². The van der Waals surface area contributed by atoms with Crippen molar-refractivity contribution in [3.8, 4) is 0 Å². The fourth-order valence-corrected chi connectivity index (χ4v) is 3.24. The lowest BCUT2D eigenvalue weighted by Gasteiger charge is -2.26. The van der Waals surface area contributed by atoms with E-state index in [1.165, 1.54) is 6.42 Å². The van der Waals surface area contributed by atoms with Crippen LogP contribution in [-0.4, -0.2) is 53.5 Å². The Morgan fingerprint density at radius 3 is 2.67 bits per heavy atom. The molecule has 1 atom stereocenters. The molecule has 2 heterocycles. The molecule has 0 amide bonds. The van der Waals surface area contributed by atoms with Crippen molar-refractivity contribution in [1.82, 2.24) is 19.8 Å². The lowest BCUT2D eigenvalue weighted by atomic mass is 10.1. The molecule has 6 heteroatoms. The second kappa shape index (κ2) is 7.36. The molecule has 0 N–H and O–H groups in total. The van der Waals surface area contributed by atoms with Crippen LogP contribution in [0.3, 0.4) is 0 Å². The maximum Gasteiger partial charge on any atom is 0.148 e. The summed E-state index contributed by atoms with van der Waals surface area (Å²) in [6, 6.07) is 0.203. The van der Waals surface area contributed by atoms with E-state index in [1.54, 1.807) is 0 Å². The number of likely N-dealkylation sites (N-methyl/N-ethyl adjacent to an activating group) is 2. The van der Waals surface area contributed by atoms with Crippen LogP contribution in [0.4, 0.5) is 0 Å². The van der Waals surface area contributed by atoms with Crippen LogP contribution in [-0.2, 0) is 6.42 Å². The summed E-state index contributed by atoms with van der Waals surface area (Å²) in [6.07, 6.45) is 2.08. The fourth-order valence-electron chi connectivity index (χ4n) is 2.70. The minimum Gasteiger partial charge on any atom is -0.304 e. The van der Waals surface area contributed by atoms with Gasteiger partial charge in [-0.15, -0.1) is 0 Å². The largest absolute Gasteiger partial charge is 0.304 e.